The molecule has 11 nitrogen and oxygen atoms in total. The highest BCUT2D eigenvalue weighted by molar-refractivity contribution is 7.93. The van der Waals surface area contributed by atoms with Crippen LogP contribution >= 0.6 is 46.4 Å². The van der Waals surface area contributed by atoms with Crippen LogP contribution in [0, 0.1) is 0 Å². The highest BCUT2D eigenvalue weighted by atomic mass is 35.5. The van der Waals surface area contributed by atoms with Crippen molar-refractivity contribution in [3.63, 3.8) is 0 Å². The van der Waals surface area contributed by atoms with E-state index < -0.39 is 20.0 Å². The second-order valence-electron chi connectivity index (χ2n) is 10.4. The molecule has 0 aliphatic rings. The molecule has 52 heavy (non-hydrogen) atoms. The van der Waals surface area contributed by atoms with Gasteiger partial charge in [0.2, 0.25) is 0 Å². The average molecular weight is 821 g/mol. The molecule has 0 fully saturated rings. The molecule has 268 valence electrons. The Morgan fingerprint density at radius 3 is 1.52 bits per heavy atom. The highest BCUT2D eigenvalue weighted by Gasteiger charge is 2.19. The maximum atomic E-state index is 12.5. The van der Waals surface area contributed by atoms with Crippen molar-refractivity contribution in [3.05, 3.63) is 148 Å². The molecule has 17 heteroatoms. The Morgan fingerprint density at radius 1 is 0.519 bits per heavy atom. The summed E-state index contributed by atoms with van der Waals surface area (Å²) < 4.78 is 71.4. The molecule has 0 atom stereocenters. The number of nitrogens with one attached hydrogen (secondary N) is 2. The lowest BCUT2D eigenvalue weighted by Gasteiger charge is -2.11. The standard InChI is InChI=1S/C18H15ClN2O4S.C17H11Cl3N2O3S/c1-24-15-5-7-18(8-6-15)26(22,23)21-14-3-2-4-16(10-14)25-17-9-13(19)11-20-12-17;18-11-4-5-17(16(20)7-11)26(23,24)22-13-2-1-3-14(8-13)25-15-6-12(19)9-21-10-15/h2-12,21H,1H3;1-10,22H. The highest BCUT2D eigenvalue weighted by Crippen LogP contribution is 2.30. The molecule has 2 heterocycles. The summed E-state index contributed by atoms with van der Waals surface area (Å²) in [4.78, 5) is 7.92. The fourth-order valence-corrected chi connectivity index (χ4v) is 7.49. The molecule has 0 spiro atoms. The van der Waals surface area contributed by atoms with Gasteiger partial charge in [0, 0.05) is 41.7 Å². The Balaban J connectivity index is 0.000000201. The van der Waals surface area contributed by atoms with Crippen LogP contribution in [0.2, 0.25) is 20.1 Å². The van der Waals surface area contributed by atoms with Gasteiger partial charge >= 0.3 is 0 Å². The number of sulfonamides is 2. The largest absolute Gasteiger partial charge is 0.497 e. The minimum atomic E-state index is -3.89. The van der Waals surface area contributed by atoms with E-state index in [9.17, 15) is 16.8 Å². The van der Waals surface area contributed by atoms with Gasteiger partial charge in [0.15, 0.2) is 0 Å². The van der Waals surface area contributed by atoms with E-state index in [4.69, 9.17) is 60.6 Å². The third-order valence-electron chi connectivity index (χ3n) is 6.56. The molecular formula is C35H26Cl4N4O7S2. The molecular weight excluding hydrogens is 794 g/mol. The minimum absolute atomic E-state index is 0.0300. The maximum Gasteiger partial charge on any atom is 0.263 e. The predicted molar refractivity (Wildman–Crippen MR) is 203 cm³/mol. The molecule has 2 aromatic heterocycles. The van der Waals surface area contributed by atoms with Gasteiger partial charge in [-0.3, -0.25) is 19.4 Å². The van der Waals surface area contributed by atoms with Crippen molar-refractivity contribution < 1.29 is 31.0 Å². The molecule has 6 aromatic rings. The topological polar surface area (TPSA) is 146 Å². The average Bonchev–Trinajstić information content (AvgIpc) is 3.08. The van der Waals surface area contributed by atoms with Crippen molar-refractivity contribution >= 4 is 77.8 Å². The number of aromatic nitrogens is 2. The molecule has 6 rings (SSSR count). The molecule has 0 saturated heterocycles. The number of rotatable bonds is 11. The third kappa shape index (κ3) is 10.9. The van der Waals surface area contributed by atoms with E-state index in [0.717, 1.165) is 0 Å². The number of pyridine rings is 2. The van der Waals surface area contributed by atoms with E-state index in [1.807, 2.05) is 0 Å². The smallest absolute Gasteiger partial charge is 0.263 e. The summed E-state index contributed by atoms with van der Waals surface area (Å²) in [6.07, 6.45) is 5.99. The summed E-state index contributed by atoms with van der Waals surface area (Å²) in [6.45, 7) is 0. The Kier molecular flexibility index (Phi) is 12.7. The van der Waals surface area contributed by atoms with Crippen LogP contribution in [-0.2, 0) is 20.0 Å². The number of halogens is 4. The van der Waals surface area contributed by atoms with Crippen LogP contribution in [0.1, 0.15) is 0 Å². The summed E-state index contributed by atoms with van der Waals surface area (Å²) in [5, 5.41) is 1.25. The van der Waals surface area contributed by atoms with Crippen LogP contribution in [0.4, 0.5) is 11.4 Å². The molecule has 0 unspecified atom stereocenters. The quantitative estimate of drug-likeness (QED) is 0.130. The summed E-state index contributed by atoms with van der Waals surface area (Å²) in [5.41, 5.74) is 0.678. The number of nitrogens with zero attached hydrogens (tertiary/aromatic N) is 2. The van der Waals surface area contributed by atoms with Gasteiger partial charge in [0.25, 0.3) is 20.0 Å². The van der Waals surface area contributed by atoms with Gasteiger partial charge in [-0.2, -0.15) is 0 Å². The van der Waals surface area contributed by atoms with E-state index >= 15 is 0 Å². The number of methoxy groups -OCH3 is 1. The third-order valence-corrected chi connectivity index (χ3v) is 10.5. The van der Waals surface area contributed by atoms with Gasteiger partial charge in [-0.1, -0.05) is 58.5 Å². The van der Waals surface area contributed by atoms with Crippen molar-refractivity contribution in [1.82, 2.24) is 9.97 Å². The molecule has 0 aliphatic heterocycles. The van der Waals surface area contributed by atoms with E-state index in [1.165, 1.54) is 68.3 Å². The molecule has 0 saturated carbocycles. The van der Waals surface area contributed by atoms with E-state index in [2.05, 4.69) is 19.4 Å². The summed E-state index contributed by atoms with van der Waals surface area (Å²) in [5.74, 6) is 2.32. The van der Waals surface area contributed by atoms with Crippen molar-refractivity contribution in [2.75, 3.05) is 16.6 Å². The van der Waals surface area contributed by atoms with E-state index in [0.29, 0.717) is 55.2 Å². The second kappa shape index (κ2) is 17.2. The molecule has 0 aliphatic carbocycles. The van der Waals surface area contributed by atoms with Crippen molar-refractivity contribution in [2.24, 2.45) is 0 Å². The van der Waals surface area contributed by atoms with Gasteiger partial charge in [-0.25, -0.2) is 16.8 Å². The lowest BCUT2D eigenvalue weighted by molar-refractivity contribution is 0.414. The zero-order valence-corrected chi connectivity index (χ0v) is 31.4. The number of hydrogen-bond donors (Lipinski definition) is 2. The zero-order chi connectivity index (χ0) is 37.3. The van der Waals surface area contributed by atoms with Crippen molar-refractivity contribution in [3.8, 4) is 28.7 Å². The minimum Gasteiger partial charge on any atom is -0.497 e. The van der Waals surface area contributed by atoms with Gasteiger partial charge in [-0.15, -0.1) is 0 Å². The number of hydrogen-bond acceptors (Lipinski definition) is 9. The Labute approximate surface area is 320 Å². The molecule has 0 radical (unpaired) electrons. The first-order chi connectivity index (χ1) is 24.8. The van der Waals surface area contributed by atoms with Crippen LogP contribution in [0.15, 0.2) is 138 Å². The van der Waals surface area contributed by atoms with Gasteiger partial charge in [0.05, 0.1) is 50.8 Å². The summed E-state index contributed by atoms with van der Waals surface area (Å²) >= 11 is 23.5. The first-order valence-corrected chi connectivity index (χ1v) is 19.2. The van der Waals surface area contributed by atoms with Gasteiger partial charge < -0.3 is 14.2 Å². The number of benzene rings is 4. The van der Waals surface area contributed by atoms with Crippen molar-refractivity contribution in [2.45, 2.75) is 9.79 Å². The fraction of sp³-hybridized carbons (Fsp3) is 0.0286. The molecule has 0 amide bonds. The fourth-order valence-electron chi connectivity index (χ4n) is 4.29. The normalized spacial score (nSPS) is 11.1. The molecule has 0 bridgehead atoms. The lowest BCUT2D eigenvalue weighted by atomic mass is 10.3. The Hall–Kier alpha value is -4.76. The van der Waals surface area contributed by atoms with E-state index in [-0.39, 0.29) is 14.8 Å². The molecule has 2 N–H and O–H groups in total. The van der Waals surface area contributed by atoms with Crippen LogP contribution in [0.3, 0.4) is 0 Å². The number of anilines is 2. The zero-order valence-electron chi connectivity index (χ0n) is 26.7. The van der Waals surface area contributed by atoms with Crippen LogP contribution in [-0.4, -0.2) is 33.9 Å². The Bertz CT molecular complexity index is 2400. The number of ether oxygens (including phenoxy) is 3. The monoisotopic (exact) mass is 818 g/mol. The summed E-state index contributed by atoms with van der Waals surface area (Å²) in [7, 11) is -6.10. The first-order valence-electron chi connectivity index (χ1n) is 14.7. The molecule has 4 aromatic carbocycles. The predicted octanol–water partition coefficient (Wildman–Crippen LogP) is 9.97. The first kappa shape index (κ1) is 38.5. The maximum absolute atomic E-state index is 12.5. The van der Waals surface area contributed by atoms with Crippen LogP contribution in [0.25, 0.3) is 0 Å². The second-order valence-corrected chi connectivity index (χ2v) is 15.4. The SMILES string of the molecule is COc1ccc(S(=O)(=O)Nc2cccc(Oc3cncc(Cl)c3)c2)cc1.O=S(=O)(Nc1cccc(Oc2cncc(Cl)c2)c1)c1ccc(Cl)cc1Cl. The van der Waals surface area contributed by atoms with Crippen LogP contribution in [0.5, 0.6) is 28.7 Å². The van der Waals surface area contributed by atoms with Crippen molar-refractivity contribution in [1.29, 1.82) is 0 Å². The van der Waals surface area contributed by atoms with Gasteiger partial charge in [-0.05, 0) is 66.7 Å². The Morgan fingerprint density at radius 2 is 1.04 bits per heavy atom. The summed E-state index contributed by atoms with van der Waals surface area (Å²) in [6, 6.07) is 26.5. The van der Waals surface area contributed by atoms with Crippen LogP contribution < -0.4 is 23.7 Å². The van der Waals surface area contributed by atoms with Gasteiger partial charge in [0.1, 0.15) is 33.6 Å². The van der Waals surface area contributed by atoms with E-state index in [1.54, 1.807) is 66.7 Å². The lowest BCUT2D eigenvalue weighted by Crippen LogP contribution is -2.13.